The molecule has 0 unspecified atom stereocenters. The molecule has 0 fully saturated rings. The lowest BCUT2D eigenvalue weighted by atomic mass is 10.2. The van der Waals surface area contributed by atoms with E-state index >= 15 is 0 Å². The number of rotatable bonds is 5. The van der Waals surface area contributed by atoms with Gasteiger partial charge in [-0.1, -0.05) is 0 Å². The fourth-order valence-electron chi connectivity index (χ4n) is 1.48. The topological polar surface area (TPSA) is 92.9 Å². The van der Waals surface area contributed by atoms with Crippen molar-refractivity contribution in [1.82, 2.24) is 20.0 Å². The normalized spacial score (nSPS) is 10.3. The fourth-order valence-corrected chi connectivity index (χ4v) is 1.48. The third kappa shape index (κ3) is 3.03. The average molecular weight is 247 g/mol. The van der Waals surface area contributed by atoms with Crippen molar-refractivity contribution in [2.75, 3.05) is 11.9 Å². The number of aromatic nitrogens is 4. The number of carboxylic acids is 1. The molecule has 18 heavy (non-hydrogen) atoms. The smallest absolute Gasteiger partial charge is 0.356 e. The average Bonchev–Trinajstić information content (AvgIpc) is 2.76. The van der Waals surface area contributed by atoms with E-state index in [1.165, 1.54) is 6.07 Å². The molecule has 94 valence electrons. The van der Waals surface area contributed by atoms with E-state index in [2.05, 4.69) is 20.6 Å². The molecule has 2 heterocycles. The van der Waals surface area contributed by atoms with Crippen molar-refractivity contribution in [1.29, 1.82) is 0 Å². The van der Waals surface area contributed by atoms with Crippen molar-refractivity contribution < 1.29 is 9.90 Å². The van der Waals surface area contributed by atoms with Gasteiger partial charge in [-0.2, -0.15) is 5.10 Å². The van der Waals surface area contributed by atoms with E-state index in [0.717, 1.165) is 12.0 Å². The Morgan fingerprint density at radius 3 is 2.83 bits per heavy atom. The first-order valence-corrected chi connectivity index (χ1v) is 5.43. The summed E-state index contributed by atoms with van der Waals surface area (Å²) in [5.74, 6) is -0.520. The Morgan fingerprint density at radius 1 is 1.44 bits per heavy atom. The number of carboxylic acid groups (broad SMARTS) is 1. The lowest BCUT2D eigenvalue weighted by molar-refractivity contribution is 0.0689. The summed E-state index contributed by atoms with van der Waals surface area (Å²) in [4.78, 5) is 10.6. The molecule has 2 N–H and O–H groups in total. The molecule has 0 saturated carbocycles. The summed E-state index contributed by atoms with van der Waals surface area (Å²) in [6.07, 6.45) is 4.57. The van der Waals surface area contributed by atoms with Crippen LogP contribution in [0, 0.1) is 0 Å². The van der Waals surface area contributed by atoms with Crippen molar-refractivity contribution in [3.8, 4) is 0 Å². The molecule has 0 amide bonds. The summed E-state index contributed by atoms with van der Waals surface area (Å²) in [5, 5.41) is 23.2. The first kappa shape index (κ1) is 12.0. The molecule has 2 aromatic rings. The van der Waals surface area contributed by atoms with Crippen LogP contribution in [-0.4, -0.2) is 37.6 Å². The van der Waals surface area contributed by atoms with E-state index in [9.17, 15) is 4.79 Å². The fraction of sp³-hybridized carbons (Fsp3) is 0.273. The van der Waals surface area contributed by atoms with Gasteiger partial charge in [-0.25, -0.2) is 4.79 Å². The van der Waals surface area contributed by atoms with Crippen LogP contribution in [-0.2, 0) is 13.5 Å². The van der Waals surface area contributed by atoms with E-state index < -0.39 is 5.97 Å². The Morgan fingerprint density at radius 2 is 2.28 bits per heavy atom. The standard InChI is InChI=1S/C11H13N5O2/c1-16-7-8(6-13-16)4-5-12-10-3-2-9(11(17)18)14-15-10/h2-3,6-7H,4-5H2,1H3,(H,12,15)(H,17,18). The first-order chi connectivity index (χ1) is 8.65. The third-order valence-corrected chi connectivity index (χ3v) is 2.36. The number of aromatic carboxylic acids is 1. The summed E-state index contributed by atoms with van der Waals surface area (Å²) in [6, 6.07) is 3.02. The van der Waals surface area contributed by atoms with Gasteiger partial charge in [0, 0.05) is 19.8 Å². The van der Waals surface area contributed by atoms with Gasteiger partial charge in [0.15, 0.2) is 5.69 Å². The predicted molar refractivity (Wildman–Crippen MR) is 64.4 cm³/mol. The van der Waals surface area contributed by atoms with Crippen LogP contribution in [0.3, 0.4) is 0 Å². The second-order valence-electron chi connectivity index (χ2n) is 3.81. The van der Waals surface area contributed by atoms with Crippen LogP contribution in [0.1, 0.15) is 16.1 Å². The van der Waals surface area contributed by atoms with Gasteiger partial charge in [0.05, 0.1) is 6.20 Å². The van der Waals surface area contributed by atoms with Crippen LogP contribution in [0.4, 0.5) is 5.82 Å². The molecule has 0 aliphatic heterocycles. The van der Waals surface area contributed by atoms with Gasteiger partial charge in [-0.15, -0.1) is 10.2 Å². The second kappa shape index (κ2) is 5.26. The zero-order valence-corrected chi connectivity index (χ0v) is 9.87. The Bertz CT molecular complexity index is 535. The monoisotopic (exact) mass is 247 g/mol. The molecule has 0 aliphatic carbocycles. The maximum Gasteiger partial charge on any atom is 0.356 e. The number of anilines is 1. The minimum atomic E-state index is -1.08. The Balaban J connectivity index is 1.85. The zero-order valence-electron chi connectivity index (χ0n) is 9.87. The molecule has 2 aromatic heterocycles. The number of carbonyl (C=O) groups is 1. The molecule has 0 aromatic carbocycles. The molecule has 0 spiro atoms. The van der Waals surface area contributed by atoms with Crippen LogP contribution in [0.2, 0.25) is 0 Å². The van der Waals surface area contributed by atoms with E-state index in [1.807, 2.05) is 13.2 Å². The summed E-state index contributed by atoms with van der Waals surface area (Å²) in [6.45, 7) is 0.687. The molecule has 0 atom stereocenters. The quantitative estimate of drug-likeness (QED) is 0.802. The van der Waals surface area contributed by atoms with Crippen LogP contribution in [0.15, 0.2) is 24.5 Å². The highest BCUT2D eigenvalue weighted by molar-refractivity contribution is 5.85. The first-order valence-electron chi connectivity index (χ1n) is 5.43. The molecule has 7 nitrogen and oxygen atoms in total. The van der Waals surface area contributed by atoms with E-state index in [0.29, 0.717) is 12.4 Å². The largest absolute Gasteiger partial charge is 0.476 e. The second-order valence-corrected chi connectivity index (χ2v) is 3.81. The minimum Gasteiger partial charge on any atom is -0.476 e. The summed E-state index contributed by atoms with van der Waals surface area (Å²) >= 11 is 0. The molecule has 0 saturated heterocycles. The number of nitrogens with one attached hydrogen (secondary N) is 1. The van der Waals surface area contributed by atoms with Crippen molar-refractivity contribution in [3.05, 3.63) is 35.8 Å². The lowest BCUT2D eigenvalue weighted by Crippen LogP contribution is -2.08. The van der Waals surface area contributed by atoms with E-state index in [4.69, 9.17) is 5.11 Å². The van der Waals surface area contributed by atoms with Crippen LogP contribution < -0.4 is 5.32 Å². The predicted octanol–water partition coefficient (Wildman–Crippen LogP) is 0.563. The Labute approximate surface area is 103 Å². The molecular formula is C11H13N5O2. The van der Waals surface area contributed by atoms with Gasteiger partial charge in [0.2, 0.25) is 0 Å². The molecule has 0 radical (unpaired) electrons. The van der Waals surface area contributed by atoms with E-state index in [-0.39, 0.29) is 5.69 Å². The van der Waals surface area contributed by atoms with Gasteiger partial charge in [-0.3, -0.25) is 4.68 Å². The highest BCUT2D eigenvalue weighted by atomic mass is 16.4. The summed E-state index contributed by atoms with van der Waals surface area (Å²) in [5.41, 5.74) is 1.06. The van der Waals surface area contributed by atoms with Crippen molar-refractivity contribution >= 4 is 11.8 Å². The van der Waals surface area contributed by atoms with Crippen LogP contribution in [0.25, 0.3) is 0 Å². The Kier molecular flexibility index (Phi) is 3.52. The van der Waals surface area contributed by atoms with Crippen molar-refractivity contribution in [2.45, 2.75) is 6.42 Å². The zero-order chi connectivity index (χ0) is 13.0. The number of hydrogen-bond acceptors (Lipinski definition) is 5. The van der Waals surface area contributed by atoms with E-state index in [1.54, 1.807) is 16.9 Å². The van der Waals surface area contributed by atoms with Gasteiger partial charge >= 0.3 is 5.97 Å². The van der Waals surface area contributed by atoms with Crippen molar-refractivity contribution in [3.63, 3.8) is 0 Å². The number of aryl methyl sites for hydroxylation is 1. The summed E-state index contributed by atoms with van der Waals surface area (Å²) in [7, 11) is 1.87. The van der Waals surface area contributed by atoms with Gasteiger partial charge in [0.25, 0.3) is 0 Å². The minimum absolute atomic E-state index is 0.0622. The van der Waals surface area contributed by atoms with Gasteiger partial charge in [0.1, 0.15) is 5.82 Å². The molecule has 0 aliphatic rings. The molecule has 0 bridgehead atoms. The maximum atomic E-state index is 10.6. The SMILES string of the molecule is Cn1cc(CCNc2ccc(C(=O)O)nn2)cn1. The lowest BCUT2D eigenvalue weighted by Gasteiger charge is -2.03. The number of hydrogen-bond donors (Lipinski definition) is 2. The van der Waals surface area contributed by atoms with Gasteiger partial charge in [-0.05, 0) is 24.1 Å². The molecular weight excluding hydrogens is 234 g/mol. The van der Waals surface area contributed by atoms with Crippen LogP contribution in [0.5, 0.6) is 0 Å². The highest BCUT2D eigenvalue weighted by Crippen LogP contribution is 2.03. The summed E-state index contributed by atoms with van der Waals surface area (Å²) < 4.78 is 1.75. The van der Waals surface area contributed by atoms with Gasteiger partial charge < -0.3 is 10.4 Å². The highest BCUT2D eigenvalue weighted by Gasteiger charge is 2.04. The molecule has 7 heteroatoms. The number of nitrogens with zero attached hydrogens (tertiary/aromatic N) is 4. The molecule has 2 rings (SSSR count). The van der Waals surface area contributed by atoms with Crippen molar-refractivity contribution in [2.24, 2.45) is 7.05 Å². The maximum absolute atomic E-state index is 10.6. The Hall–Kier alpha value is -2.44. The third-order valence-electron chi connectivity index (χ3n) is 2.36. The van der Waals surface area contributed by atoms with Crippen LogP contribution >= 0.6 is 0 Å².